The van der Waals surface area contributed by atoms with Gasteiger partial charge < -0.3 is 9.84 Å². The third kappa shape index (κ3) is 3.58. The zero-order valence-electron chi connectivity index (χ0n) is 12.1. The number of rotatable bonds is 3. The van der Waals surface area contributed by atoms with Crippen LogP contribution in [0.1, 0.15) is 57.9 Å². The van der Waals surface area contributed by atoms with Crippen LogP contribution in [0.15, 0.2) is 10.6 Å². The summed E-state index contributed by atoms with van der Waals surface area (Å²) in [7, 11) is 0. The van der Waals surface area contributed by atoms with Gasteiger partial charge in [-0.3, -0.25) is 0 Å². The monoisotopic (exact) mass is 250 g/mol. The fraction of sp³-hybridized carbons (Fsp3) is 0.800. The van der Waals surface area contributed by atoms with Crippen LogP contribution in [0.5, 0.6) is 0 Å². The molecule has 1 aromatic heterocycles. The van der Waals surface area contributed by atoms with Crippen LogP contribution in [0.25, 0.3) is 0 Å². The average molecular weight is 250 g/mol. The van der Waals surface area contributed by atoms with Gasteiger partial charge in [0.2, 0.25) is 0 Å². The summed E-state index contributed by atoms with van der Waals surface area (Å²) in [5.41, 5.74) is 1.43. The molecule has 1 fully saturated rings. The molecule has 1 aliphatic rings. The molecule has 1 N–H and O–H groups in total. The first-order valence-corrected chi connectivity index (χ1v) is 7.11. The van der Waals surface area contributed by atoms with E-state index < -0.39 is 0 Å². The van der Waals surface area contributed by atoms with Crippen LogP contribution in [0, 0.1) is 18.3 Å². The van der Waals surface area contributed by atoms with E-state index in [1.807, 2.05) is 13.0 Å². The minimum Gasteiger partial charge on any atom is -0.360 e. The van der Waals surface area contributed by atoms with Crippen LogP contribution < -0.4 is 5.32 Å². The highest BCUT2D eigenvalue weighted by molar-refractivity contribution is 5.02. The van der Waals surface area contributed by atoms with Gasteiger partial charge in [0.05, 0.1) is 12.2 Å². The minimum absolute atomic E-state index is 0.465. The second kappa shape index (κ2) is 5.43. The van der Waals surface area contributed by atoms with Crippen LogP contribution in [-0.4, -0.2) is 11.2 Å². The van der Waals surface area contributed by atoms with Gasteiger partial charge in [0.15, 0.2) is 5.76 Å². The molecule has 0 spiro atoms. The highest BCUT2D eigenvalue weighted by atomic mass is 16.5. The van der Waals surface area contributed by atoms with Gasteiger partial charge in [-0.05, 0) is 43.9 Å². The third-order valence-corrected chi connectivity index (χ3v) is 4.19. The standard InChI is InChI=1S/C15H26N2O/c1-11-9-14(18-17-11)10-16-13-7-5-12(6-8-13)15(2,3)4/h9,12-13,16H,5-8,10H2,1-4H3. The lowest BCUT2D eigenvalue weighted by atomic mass is 9.71. The second-order valence-electron chi connectivity index (χ2n) is 6.73. The molecule has 0 bridgehead atoms. The number of hydrogen-bond donors (Lipinski definition) is 1. The maximum atomic E-state index is 5.22. The molecule has 0 radical (unpaired) electrons. The second-order valence-corrected chi connectivity index (χ2v) is 6.73. The van der Waals surface area contributed by atoms with E-state index in [0.29, 0.717) is 11.5 Å². The predicted octanol–water partition coefficient (Wildman–Crippen LogP) is 3.68. The molecule has 1 heterocycles. The predicted molar refractivity (Wildman–Crippen MR) is 73.3 cm³/mol. The summed E-state index contributed by atoms with van der Waals surface area (Å²) in [5, 5.41) is 7.50. The Bertz CT molecular complexity index is 370. The lowest BCUT2D eigenvalue weighted by Gasteiger charge is -2.37. The summed E-state index contributed by atoms with van der Waals surface area (Å²) < 4.78 is 5.22. The summed E-state index contributed by atoms with van der Waals surface area (Å²) >= 11 is 0. The van der Waals surface area contributed by atoms with Gasteiger partial charge in [-0.2, -0.15) is 0 Å². The molecule has 1 saturated carbocycles. The Morgan fingerprint density at radius 3 is 2.44 bits per heavy atom. The summed E-state index contributed by atoms with van der Waals surface area (Å²) in [6, 6.07) is 2.65. The minimum atomic E-state index is 0.465. The van der Waals surface area contributed by atoms with E-state index >= 15 is 0 Å². The topological polar surface area (TPSA) is 38.1 Å². The van der Waals surface area contributed by atoms with Crippen molar-refractivity contribution in [2.45, 2.75) is 66.0 Å². The molecular weight excluding hydrogens is 224 g/mol. The first-order chi connectivity index (χ1) is 8.45. The summed E-state index contributed by atoms with van der Waals surface area (Å²) in [4.78, 5) is 0. The molecule has 18 heavy (non-hydrogen) atoms. The lowest BCUT2D eigenvalue weighted by molar-refractivity contribution is 0.158. The molecule has 3 nitrogen and oxygen atoms in total. The maximum absolute atomic E-state index is 5.22. The Morgan fingerprint density at radius 2 is 1.94 bits per heavy atom. The Morgan fingerprint density at radius 1 is 1.28 bits per heavy atom. The van der Waals surface area contributed by atoms with Crippen molar-refractivity contribution >= 4 is 0 Å². The Labute approximate surface area is 110 Å². The first-order valence-electron chi connectivity index (χ1n) is 7.11. The Kier molecular flexibility index (Phi) is 4.10. The van der Waals surface area contributed by atoms with E-state index in [-0.39, 0.29) is 0 Å². The molecule has 0 unspecified atom stereocenters. The number of aryl methyl sites for hydroxylation is 1. The van der Waals surface area contributed by atoms with Crippen molar-refractivity contribution in [3.63, 3.8) is 0 Å². The fourth-order valence-corrected chi connectivity index (χ4v) is 2.91. The normalized spacial score (nSPS) is 25.3. The number of nitrogens with zero attached hydrogens (tertiary/aromatic N) is 1. The molecule has 0 atom stereocenters. The molecular formula is C15H26N2O. The van der Waals surface area contributed by atoms with Crippen molar-refractivity contribution < 1.29 is 4.52 Å². The van der Waals surface area contributed by atoms with Gasteiger partial charge >= 0.3 is 0 Å². The van der Waals surface area contributed by atoms with Crippen LogP contribution in [-0.2, 0) is 6.54 Å². The van der Waals surface area contributed by atoms with Crippen molar-refractivity contribution in [3.05, 3.63) is 17.5 Å². The number of aromatic nitrogens is 1. The van der Waals surface area contributed by atoms with Gasteiger partial charge in [0.25, 0.3) is 0 Å². The van der Waals surface area contributed by atoms with Crippen LogP contribution in [0.4, 0.5) is 0 Å². The average Bonchev–Trinajstić information content (AvgIpc) is 2.72. The van der Waals surface area contributed by atoms with Crippen molar-refractivity contribution in [2.24, 2.45) is 11.3 Å². The van der Waals surface area contributed by atoms with Crippen LogP contribution >= 0.6 is 0 Å². The SMILES string of the molecule is Cc1cc(CNC2CCC(C(C)(C)C)CC2)on1. The lowest BCUT2D eigenvalue weighted by Crippen LogP contribution is -2.35. The summed E-state index contributed by atoms with van der Waals surface area (Å²) in [5.74, 6) is 1.83. The van der Waals surface area contributed by atoms with Gasteiger partial charge in [0, 0.05) is 12.1 Å². The molecule has 0 aliphatic heterocycles. The van der Waals surface area contributed by atoms with Crippen molar-refractivity contribution in [3.8, 4) is 0 Å². The van der Waals surface area contributed by atoms with Gasteiger partial charge in [0.1, 0.15) is 0 Å². The molecule has 2 rings (SSSR count). The highest BCUT2D eigenvalue weighted by Gasteiger charge is 2.29. The van der Waals surface area contributed by atoms with E-state index in [1.165, 1.54) is 25.7 Å². The highest BCUT2D eigenvalue weighted by Crippen LogP contribution is 2.37. The molecule has 0 aromatic carbocycles. The summed E-state index contributed by atoms with van der Waals surface area (Å²) in [6.45, 7) is 9.86. The largest absolute Gasteiger partial charge is 0.360 e. The third-order valence-electron chi connectivity index (χ3n) is 4.19. The molecule has 1 aliphatic carbocycles. The van der Waals surface area contributed by atoms with Gasteiger partial charge in [-0.15, -0.1) is 0 Å². The van der Waals surface area contributed by atoms with Crippen molar-refractivity contribution in [2.75, 3.05) is 0 Å². The van der Waals surface area contributed by atoms with E-state index in [4.69, 9.17) is 4.52 Å². The number of nitrogens with one attached hydrogen (secondary N) is 1. The van der Waals surface area contributed by atoms with E-state index in [2.05, 4.69) is 31.2 Å². The van der Waals surface area contributed by atoms with Crippen LogP contribution in [0.2, 0.25) is 0 Å². The maximum Gasteiger partial charge on any atom is 0.150 e. The van der Waals surface area contributed by atoms with Crippen molar-refractivity contribution in [1.29, 1.82) is 0 Å². The zero-order chi connectivity index (χ0) is 13.2. The van der Waals surface area contributed by atoms with Crippen molar-refractivity contribution in [1.82, 2.24) is 10.5 Å². The smallest absolute Gasteiger partial charge is 0.150 e. The van der Waals surface area contributed by atoms with E-state index in [1.54, 1.807) is 0 Å². The van der Waals surface area contributed by atoms with E-state index in [0.717, 1.165) is 23.9 Å². The summed E-state index contributed by atoms with van der Waals surface area (Å²) in [6.07, 6.45) is 5.26. The quantitative estimate of drug-likeness (QED) is 0.889. The molecule has 0 amide bonds. The fourth-order valence-electron chi connectivity index (χ4n) is 2.91. The molecule has 0 saturated heterocycles. The Balaban J connectivity index is 1.74. The zero-order valence-corrected chi connectivity index (χ0v) is 12.1. The van der Waals surface area contributed by atoms with E-state index in [9.17, 15) is 0 Å². The van der Waals surface area contributed by atoms with Gasteiger partial charge in [-0.25, -0.2) is 0 Å². The molecule has 1 aromatic rings. The molecule has 102 valence electrons. The Hall–Kier alpha value is -0.830. The number of hydrogen-bond acceptors (Lipinski definition) is 3. The van der Waals surface area contributed by atoms with Gasteiger partial charge in [-0.1, -0.05) is 25.9 Å². The molecule has 3 heteroatoms. The van der Waals surface area contributed by atoms with Crippen LogP contribution in [0.3, 0.4) is 0 Å². The first kappa shape index (κ1) is 13.6.